The number of carboxylic acids is 1. The van der Waals surface area contributed by atoms with E-state index in [9.17, 15) is 14.3 Å². The third kappa shape index (κ3) is 4.08. The van der Waals surface area contributed by atoms with Crippen LogP contribution in [0.3, 0.4) is 0 Å². The standard InChI is InChI=1S/C20H12BrFN2O2.K/c21-14-6-7-15(17(22)9-14)18-11-24-10-13(20(25)26)8-16(19(24)23-18)12-4-2-1-3-5-12;/h1-11H,(H,25,26);/q;+1/p-1. The van der Waals surface area contributed by atoms with E-state index in [1.807, 2.05) is 30.3 Å². The Morgan fingerprint density at radius 2 is 1.78 bits per heavy atom. The van der Waals surface area contributed by atoms with Crippen molar-refractivity contribution in [2.24, 2.45) is 0 Å². The van der Waals surface area contributed by atoms with Crippen LogP contribution >= 0.6 is 15.9 Å². The number of fused-ring (bicyclic) bond motifs is 1. The second-order valence-corrected chi connectivity index (χ2v) is 6.69. The summed E-state index contributed by atoms with van der Waals surface area (Å²) in [6, 6.07) is 15.6. The summed E-state index contributed by atoms with van der Waals surface area (Å²) in [7, 11) is 0. The molecular weight excluding hydrogens is 438 g/mol. The first-order chi connectivity index (χ1) is 12.5. The van der Waals surface area contributed by atoms with Crippen molar-refractivity contribution in [3.05, 3.63) is 82.8 Å². The molecule has 0 aliphatic carbocycles. The molecule has 7 heteroatoms. The molecule has 0 aliphatic rings. The van der Waals surface area contributed by atoms with E-state index in [1.54, 1.807) is 22.7 Å². The number of imidazole rings is 1. The Kier molecular flexibility index (Phi) is 6.30. The second kappa shape index (κ2) is 8.34. The number of pyridine rings is 1. The third-order valence-electron chi connectivity index (χ3n) is 4.08. The van der Waals surface area contributed by atoms with Crippen molar-refractivity contribution in [3.63, 3.8) is 0 Å². The van der Waals surface area contributed by atoms with Gasteiger partial charge in [-0.15, -0.1) is 0 Å². The normalized spacial score (nSPS) is 10.6. The van der Waals surface area contributed by atoms with Gasteiger partial charge in [0.2, 0.25) is 0 Å². The Bertz CT molecular complexity index is 1150. The first kappa shape index (κ1) is 20.4. The number of carbonyl (C=O) groups is 1. The van der Waals surface area contributed by atoms with Gasteiger partial charge in [-0.1, -0.05) is 46.3 Å². The average molecular weight is 449 g/mol. The van der Waals surface area contributed by atoms with E-state index >= 15 is 0 Å². The number of hydrogen-bond acceptors (Lipinski definition) is 3. The van der Waals surface area contributed by atoms with Crippen molar-refractivity contribution in [1.29, 1.82) is 0 Å². The van der Waals surface area contributed by atoms with Gasteiger partial charge in [0.15, 0.2) is 0 Å². The summed E-state index contributed by atoms with van der Waals surface area (Å²) < 4.78 is 16.5. The van der Waals surface area contributed by atoms with Gasteiger partial charge in [-0.3, -0.25) is 0 Å². The Morgan fingerprint density at radius 3 is 2.44 bits per heavy atom. The molecule has 0 bridgehead atoms. The van der Waals surface area contributed by atoms with Crippen molar-refractivity contribution in [2.75, 3.05) is 0 Å². The number of nitrogens with zero attached hydrogens (tertiary/aromatic N) is 2. The van der Waals surface area contributed by atoms with E-state index in [0.717, 1.165) is 5.56 Å². The predicted octanol–water partition coefficient (Wildman–Crippen LogP) is 0.937. The van der Waals surface area contributed by atoms with Crippen LogP contribution in [0.2, 0.25) is 0 Å². The van der Waals surface area contributed by atoms with E-state index < -0.39 is 11.8 Å². The maximum absolute atomic E-state index is 14.3. The van der Waals surface area contributed by atoms with Crippen molar-refractivity contribution in [2.45, 2.75) is 0 Å². The molecule has 4 aromatic rings. The van der Waals surface area contributed by atoms with Crippen LogP contribution in [-0.2, 0) is 0 Å². The van der Waals surface area contributed by atoms with Crippen LogP contribution < -0.4 is 56.5 Å². The zero-order valence-electron chi connectivity index (χ0n) is 14.3. The maximum Gasteiger partial charge on any atom is 1.00 e. The van der Waals surface area contributed by atoms with E-state index in [-0.39, 0.29) is 56.9 Å². The fraction of sp³-hybridized carbons (Fsp3) is 0. The zero-order valence-corrected chi connectivity index (χ0v) is 19.0. The number of rotatable bonds is 3. The summed E-state index contributed by atoms with van der Waals surface area (Å²) in [4.78, 5) is 15.9. The summed E-state index contributed by atoms with van der Waals surface area (Å²) in [6.45, 7) is 0. The molecule has 4 rings (SSSR count). The molecule has 0 aliphatic heterocycles. The van der Waals surface area contributed by atoms with Crippen molar-refractivity contribution < 1.29 is 65.7 Å². The Balaban J connectivity index is 0.00000210. The molecule has 0 amide bonds. The summed E-state index contributed by atoms with van der Waals surface area (Å²) in [5.74, 6) is -1.70. The van der Waals surface area contributed by atoms with E-state index in [0.29, 0.717) is 26.9 Å². The van der Waals surface area contributed by atoms with E-state index in [2.05, 4.69) is 20.9 Å². The molecule has 2 aromatic carbocycles. The number of carbonyl (C=O) groups excluding carboxylic acids is 1. The Morgan fingerprint density at radius 1 is 1.04 bits per heavy atom. The van der Waals surface area contributed by atoms with Gasteiger partial charge in [0.05, 0.1) is 11.7 Å². The van der Waals surface area contributed by atoms with Crippen molar-refractivity contribution >= 4 is 27.5 Å². The molecule has 0 N–H and O–H groups in total. The molecule has 0 saturated heterocycles. The molecule has 27 heavy (non-hydrogen) atoms. The number of hydrogen-bond donors (Lipinski definition) is 0. The number of benzene rings is 2. The largest absolute Gasteiger partial charge is 1.00 e. The van der Waals surface area contributed by atoms with Crippen LogP contribution in [0, 0.1) is 5.82 Å². The smallest absolute Gasteiger partial charge is 0.545 e. The second-order valence-electron chi connectivity index (χ2n) is 5.78. The third-order valence-corrected chi connectivity index (χ3v) is 4.57. The predicted molar refractivity (Wildman–Crippen MR) is 98.1 cm³/mol. The van der Waals surface area contributed by atoms with Gasteiger partial charge >= 0.3 is 51.4 Å². The van der Waals surface area contributed by atoms with Gasteiger partial charge in [0, 0.05) is 33.6 Å². The number of halogens is 2. The van der Waals surface area contributed by atoms with Gasteiger partial charge in [-0.25, -0.2) is 9.37 Å². The summed E-state index contributed by atoms with van der Waals surface area (Å²) >= 11 is 3.23. The van der Waals surface area contributed by atoms with E-state index in [1.165, 1.54) is 18.3 Å². The topological polar surface area (TPSA) is 57.4 Å². The van der Waals surface area contributed by atoms with Gasteiger partial charge in [-0.05, 0) is 29.8 Å². The maximum atomic E-state index is 14.3. The van der Waals surface area contributed by atoms with Crippen LogP contribution in [0.25, 0.3) is 28.0 Å². The fourth-order valence-corrected chi connectivity index (χ4v) is 3.20. The minimum absolute atomic E-state index is 0. The molecule has 0 atom stereocenters. The van der Waals surface area contributed by atoms with Crippen LogP contribution in [-0.4, -0.2) is 15.4 Å². The summed E-state index contributed by atoms with van der Waals surface area (Å²) in [5.41, 5.74) is 2.77. The summed E-state index contributed by atoms with van der Waals surface area (Å²) in [6.07, 6.45) is 3.03. The SMILES string of the molecule is O=C([O-])c1cc(-c2ccccc2)c2nc(-c3ccc(Br)cc3F)cn2c1.[K+]. The van der Waals surface area contributed by atoms with Crippen LogP contribution in [0.15, 0.2) is 71.5 Å². The van der Waals surface area contributed by atoms with Gasteiger partial charge in [-0.2, -0.15) is 0 Å². The quantitative estimate of drug-likeness (QED) is 0.438. The molecule has 0 radical (unpaired) electrons. The van der Waals surface area contributed by atoms with Crippen molar-refractivity contribution in [1.82, 2.24) is 9.38 Å². The molecule has 2 aromatic heterocycles. The van der Waals surface area contributed by atoms with Gasteiger partial charge in [0.1, 0.15) is 11.5 Å². The molecule has 0 unspecified atom stereocenters. The van der Waals surface area contributed by atoms with Crippen LogP contribution in [0.1, 0.15) is 10.4 Å². The molecular formula is C20H11BrFKN2O2. The molecule has 4 nitrogen and oxygen atoms in total. The van der Waals surface area contributed by atoms with Crippen LogP contribution in [0.4, 0.5) is 4.39 Å². The fourth-order valence-electron chi connectivity index (χ4n) is 2.87. The monoisotopic (exact) mass is 448 g/mol. The molecule has 0 saturated carbocycles. The minimum atomic E-state index is -1.28. The first-order valence-electron chi connectivity index (χ1n) is 7.78. The molecule has 0 fully saturated rings. The number of aromatic carboxylic acids is 1. The van der Waals surface area contributed by atoms with Crippen LogP contribution in [0.5, 0.6) is 0 Å². The number of aromatic nitrogens is 2. The average Bonchev–Trinajstić information content (AvgIpc) is 3.05. The van der Waals surface area contributed by atoms with Gasteiger partial charge in [0.25, 0.3) is 0 Å². The molecule has 0 spiro atoms. The van der Waals surface area contributed by atoms with Gasteiger partial charge < -0.3 is 14.3 Å². The Labute approximate surface area is 205 Å². The van der Waals surface area contributed by atoms with Crippen molar-refractivity contribution in [3.8, 4) is 22.4 Å². The Hall–Kier alpha value is -1.35. The number of carboxylic acid groups (broad SMARTS) is 1. The van der Waals surface area contributed by atoms with E-state index in [4.69, 9.17) is 0 Å². The summed E-state index contributed by atoms with van der Waals surface area (Å²) in [5, 5.41) is 11.4. The molecule has 2 heterocycles. The zero-order chi connectivity index (χ0) is 18.3. The first-order valence-corrected chi connectivity index (χ1v) is 8.57. The minimum Gasteiger partial charge on any atom is -0.545 e. The molecule has 128 valence electrons.